The van der Waals surface area contributed by atoms with Gasteiger partial charge < -0.3 is 15.2 Å². The second-order valence-corrected chi connectivity index (χ2v) is 5.97. The zero-order chi connectivity index (χ0) is 15.2. The first-order chi connectivity index (χ1) is 9.31. The number of amides is 1. The van der Waals surface area contributed by atoms with E-state index < -0.39 is 23.8 Å². The van der Waals surface area contributed by atoms with E-state index in [-0.39, 0.29) is 5.88 Å². The summed E-state index contributed by atoms with van der Waals surface area (Å²) in [6.07, 6.45) is -0.888. The van der Waals surface area contributed by atoms with Crippen molar-refractivity contribution in [2.24, 2.45) is 0 Å². The number of ether oxygens (including phenoxy) is 1. The first kappa shape index (κ1) is 16.8. The number of aliphatic hydroxyl groups excluding tert-OH is 1. The zero-order valence-electron chi connectivity index (χ0n) is 12.1. The first-order valence-corrected chi connectivity index (χ1v) is 7.13. The van der Waals surface area contributed by atoms with E-state index >= 15 is 0 Å². The number of hydrogen-bond donors (Lipinski definition) is 2. The molecule has 0 fully saturated rings. The molecule has 2 N–H and O–H groups in total. The smallest absolute Gasteiger partial charge is 0.407 e. The van der Waals surface area contributed by atoms with E-state index in [0.717, 1.165) is 5.56 Å². The molecule has 0 aromatic heterocycles. The van der Waals surface area contributed by atoms with Crippen LogP contribution in [0.3, 0.4) is 0 Å². The molecule has 0 saturated carbocycles. The Morgan fingerprint density at radius 2 is 1.95 bits per heavy atom. The lowest BCUT2D eigenvalue weighted by Gasteiger charge is -2.26. The molecule has 112 valence electrons. The number of rotatable bonds is 5. The normalized spacial score (nSPS) is 14.4. The molecular formula is C15H22ClNO3. The molecule has 1 aromatic carbocycles. The standard InChI is InChI=1S/C15H22ClNO3/c1-15(2,3)20-14(19)17-12(13(18)10-16)9-11-7-5-4-6-8-11/h4-8,12-13,18H,9-10H2,1-3H3,(H,17,19). The second-order valence-electron chi connectivity index (χ2n) is 5.66. The molecule has 20 heavy (non-hydrogen) atoms. The Balaban J connectivity index is 2.68. The van der Waals surface area contributed by atoms with Gasteiger partial charge in [0.1, 0.15) is 5.60 Å². The van der Waals surface area contributed by atoms with Gasteiger partial charge in [-0.25, -0.2) is 4.79 Å². The highest BCUT2D eigenvalue weighted by atomic mass is 35.5. The van der Waals surface area contributed by atoms with Crippen LogP contribution in [0.4, 0.5) is 4.79 Å². The fourth-order valence-corrected chi connectivity index (χ4v) is 1.93. The Labute approximate surface area is 125 Å². The summed E-state index contributed by atoms with van der Waals surface area (Å²) in [4.78, 5) is 11.8. The van der Waals surface area contributed by atoms with Crippen molar-refractivity contribution in [3.8, 4) is 0 Å². The minimum absolute atomic E-state index is 0.0489. The number of halogens is 1. The van der Waals surface area contributed by atoms with Gasteiger partial charge in [0, 0.05) is 0 Å². The highest BCUT2D eigenvalue weighted by molar-refractivity contribution is 6.18. The van der Waals surface area contributed by atoms with Gasteiger partial charge in [-0.15, -0.1) is 11.6 Å². The van der Waals surface area contributed by atoms with Crippen LogP contribution in [-0.2, 0) is 11.2 Å². The number of alkyl carbamates (subject to hydrolysis) is 1. The quantitative estimate of drug-likeness (QED) is 0.822. The molecule has 0 heterocycles. The molecule has 0 bridgehead atoms. The van der Waals surface area contributed by atoms with Gasteiger partial charge in [0.2, 0.25) is 0 Å². The predicted octanol–water partition coefficient (Wildman–Crippen LogP) is 2.72. The lowest BCUT2D eigenvalue weighted by Crippen LogP contribution is -2.47. The molecule has 0 radical (unpaired) electrons. The maximum Gasteiger partial charge on any atom is 0.407 e. The molecule has 5 heteroatoms. The van der Waals surface area contributed by atoms with Crippen LogP contribution in [0.5, 0.6) is 0 Å². The maximum atomic E-state index is 11.8. The average Bonchev–Trinajstić information content (AvgIpc) is 2.36. The number of nitrogens with one attached hydrogen (secondary N) is 1. The lowest BCUT2D eigenvalue weighted by molar-refractivity contribution is 0.0440. The van der Waals surface area contributed by atoms with Crippen molar-refractivity contribution in [1.29, 1.82) is 0 Å². The number of alkyl halides is 1. The molecular weight excluding hydrogens is 278 g/mol. The molecule has 0 aliphatic heterocycles. The Morgan fingerprint density at radius 1 is 1.35 bits per heavy atom. The van der Waals surface area contributed by atoms with E-state index in [1.807, 2.05) is 30.3 Å². The summed E-state index contributed by atoms with van der Waals surface area (Å²) in [5.74, 6) is 0.0489. The molecule has 0 saturated heterocycles. The van der Waals surface area contributed by atoms with Crippen molar-refractivity contribution in [2.45, 2.75) is 44.9 Å². The van der Waals surface area contributed by atoms with Crippen molar-refractivity contribution in [3.63, 3.8) is 0 Å². The third kappa shape index (κ3) is 6.26. The third-order valence-corrected chi connectivity index (χ3v) is 2.94. The van der Waals surface area contributed by atoms with Crippen LogP contribution in [0.25, 0.3) is 0 Å². The van der Waals surface area contributed by atoms with Gasteiger partial charge in [0.05, 0.1) is 18.0 Å². The number of carbonyl (C=O) groups excluding carboxylic acids is 1. The minimum atomic E-state index is -0.829. The summed E-state index contributed by atoms with van der Waals surface area (Å²) >= 11 is 5.69. The Morgan fingerprint density at radius 3 is 2.45 bits per heavy atom. The predicted molar refractivity (Wildman–Crippen MR) is 80.0 cm³/mol. The van der Waals surface area contributed by atoms with Crippen LogP contribution >= 0.6 is 11.6 Å². The van der Waals surface area contributed by atoms with E-state index in [9.17, 15) is 9.90 Å². The molecule has 0 aliphatic rings. The molecule has 4 nitrogen and oxygen atoms in total. The van der Waals surface area contributed by atoms with Crippen molar-refractivity contribution in [3.05, 3.63) is 35.9 Å². The van der Waals surface area contributed by atoms with E-state index in [1.54, 1.807) is 20.8 Å². The van der Waals surface area contributed by atoms with Crippen molar-refractivity contribution in [1.82, 2.24) is 5.32 Å². The molecule has 1 amide bonds. The van der Waals surface area contributed by atoms with Gasteiger partial charge in [-0.05, 0) is 32.8 Å². The van der Waals surface area contributed by atoms with Crippen LogP contribution in [0, 0.1) is 0 Å². The SMILES string of the molecule is CC(C)(C)OC(=O)NC(Cc1ccccc1)C(O)CCl. The van der Waals surface area contributed by atoms with E-state index in [2.05, 4.69) is 5.32 Å². The Kier molecular flexibility index (Phi) is 6.30. The summed E-state index contributed by atoms with van der Waals surface area (Å²) in [7, 11) is 0. The van der Waals surface area contributed by atoms with Crippen LogP contribution in [0.1, 0.15) is 26.3 Å². The van der Waals surface area contributed by atoms with E-state index in [0.29, 0.717) is 6.42 Å². The highest BCUT2D eigenvalue weighted by Crippen LogP contribution is 2.10. The van der Waals surface area contributed by atoms with Crippen LogP contribution in [0.15, 0.2) is 30.3 Å². The Hall–Kier alpha value is -1.26. The Bertz CT molecular complexity index is 417. The third-order valence-electron chi connectivity index (χ3n) is 2.62. The van der Waals surface area contributed by atoms with Gasteiger partial charge in [-0.2, -0.15) is 0 Å². The summed E-state index contributed by atoms with van der Waals surface area (Å²) in [6.45, 7) is 5.37. The average molecular weight is 300 g/mol. The van der Waals surface area contributed by atoms with Gasteiger partial charge >= 0.3 is 6.09 Å². The summed E-state index contributed by atoms with van der Waals surface area (Å²) < 4.78 is 5.20. The topological polar surface area (TPSA) is 58.6 Å². The zero-order valence-corrected chi connectivity index (χ0v) is 12.9. The van der Waals surface area contributed by atoms with Crippen molar-refractivity contribution in [2.75, 3.05) is 5.88 Å². The fourth-order valence-electron chi connectivity index (χ4n) is 1.72. The second kappa shape index (κ2) is 7.50. The van der Waals surface area contributed by atoms with Crippen LogP contribution < -0.4 is 5.32 Å². The molecule has 0 spiro atoms. The van der Waals surface area contributed by atoms with Crippen molar-refractivity contribution < 1.29 is 14.6 Å². The number of carbonyl (C=O) groups is 1. The minimum Gasteiger partial charge on any atom is -0.444 e. The largest absolute Gasteiger partial charge is 0.444 e. The van der Waals surface area contributed by atoms with Gasteiger partial charge in [-0.3, -0.25) is 0 Å². The van der Waals surface area contributed by atoms with E-state index in [4.69, 9.17) is 16.3 Å². The van der Waals surface area contributed by atoms with Gasteiger partial charge in [-0.1, -0.05) is 30.3 Å². The van der Waals surface area contributed by atoms with Crippen molar-refractivity contribution >= 4 is 17.7 Å². The number of aliphatic hydroxyl groups is 1. The molecule has 1 rings (SSSR count). The number of benzene rings is 1. The first-order valence-electron chi connectivity index (χ1n) is 6.59. The van der Waals surface area contributed by atoms with Crippen LogP contribution in [0.2, 0.25) is 0 Å². The monoisotopic (exact) mass is 299 g/mol. The summed E-state index contributed by atoms with van der Waals surface area (Å²) in [5, 5.41) is 12.6. The summed E-state index contributed by atoms with van der Waals surface area (Å²) in [5.41, 5.74) is 0.436. The number of hydrogen-bond acceptors (Lipinski definition) is 3. The molecule has 2 unspecified atom stereocenters. The summed E-state index contributed by atoms with van der Waals surface area (Å²) in [6, 6.07) is 9.12. The highest BCUT2D eigenvalue weighted by Gasteiger charge is 2.24. The fraction of sp³-hybridized carbons (Fsp3) is 0.533. The molecule has 0 aliphatic carbocycles. The van der Waals surface area contributed by atoms with E-state index in [1.165, 1.54) is 0 Å². The molecule has 1 aromatic rings. The molecule has 2 atom stereocenters. The maximum absolute atomic E-state index is 11.8. The van der Waals surface area contributed by atoms with Crippen LogP contribution in [-0.4, -0.2) is 34.8 Å². The van der Waals surface area contributed by atoms with Gasteiger partial charge in [0.25, 0.3) is 0 Å². The lowest BCUT2D eigenvalue weighted by atomic mass is 10.0. The van der Waals surface area contributed by atoms with Gasteiger partial charge in [0.15, 0.2) is 0 Å².